The lowest BCUT2D eigenvalue weighted by Gasteiger charge is -2.35. The number of amides is 2. The molecule has 0 aliphatic carbocycles. The molecule has 0 saturated carbocycles. The molecule has 22 heavy (non-hydrogen) atoms. The average Bonchev–Trinajstić information content (AvgIpc) is 2.41. The van der Waals surface area contributed by atoms with Crippen molar-refractivity contribution in [3.05, 3.63) is 24.3 Å². The number of rotatable bonds is 3. The molecule has 1 aliphatic heterocycles. The van der Waals surface area contributed by atoms with Crippen LogP contribution in [0.4, 0.5) is 5.69 Å². The molecule has 10 heteroatoms. The van der Waals surface area contributed by atoms with E-state index in [1.54, 1.807) is 12.1 Å². The Hall–Kier alpha value is -1.25. The van der Waals surface area contributed by atoms with E-state index in [9.17, 15) is 14.7 Å². The van der Waals surface area contributed by atoms with Crippen molar-refractivity contribution in [1.82, 2.24) is 5.32 Å². The largest absolute Gasteiger partial charge is 0.453 e. The Labute approximate surface area is 140 Å². The van der Waals surface area contributed by atoms with Crippen LogP contribution >= 0.6 is 34.8 Å². The fourth-order valence-electron chi connectivity index (χ4n) is 1.68. The van der Waals surface area contributed by atoms with Crippen LogP contribution in [0, 0.1) is 0 Å². The number of aliphatic hydroxyl groups is 1. The number of halogens is 3. The van der Waals surface area contributed by atoms with E-state index in [1.165, 1.54) is 19.1 Å². The standard InChI is InChI=1S/C12H11Cl3N2O5/c1-6(18)16-11(12(13,14)15)22-17-7-4-2-3-5-8(7)21-10(20)9(17)19/h2-5,10-11,20H,1H3,(H,16,18)/t10-,11-/m0/s1. The number of hydroxylamine groups is 1. The van der Waals surface area contributed by atoms with Crippen molar-refractivity contribution in [3.8, 4) is 5.75 Å². The lowest BCUT2D eigenvalue weighted by Crippen LogP contribution is -2.54. The maximum atomic E-state index is 12.0. The second kappa shape index (κ2) is 6.47. The number of nitrogens with zero attached hydrogens (tertiary/aromatic N) is 1. The molecule has 1 aromatic rings. The number of para-hydroxylation sites is 2. The summed E-state index contributed by atoms with van der Waals surface area (Å²) in [6.07, 6.45) is -3.24. The lowest BCUT2D eigenvalue weighted by atomic mass is 10.2. The highest BCUT2D eigenvalue weighted by molar-refractivity contribution is 6.68. The fourth-order valence-corrected chi connectivity index (χ4v) is 1.96. The molecule has 0 radical (unpaired) electrons. The first-order chi connectivity index (χ1) is 10.2. The second-order valence-corrected chi connectivity index (χ2v) is 6.67. The third-order valence-electron chi connectivity index (χ3n) is 2.58. The molecule has 2 N–H and O–H groups in total. The number of benzene rings is 1. The predicted molar refractivity (Wildman–Crippen MR) is 79.5 cm³/mol. The third-order valence-corrected chi connectivity index (χ3v) is 3.17. The van der Waals surface area contributed by atoms with Gasteiger partial charge in [-0.3, -0.25) is 9.59 Å². The Morgan fingerprint density at radius 2 is 2.09 bits per heavy atom. The summed E-state index contributed by atoms with van der Waals surface area (Å²) in [7, 11) is 0. The molecular weight excluding hydrogens is 358 g/mol. The first-order valence-corrected chi connectivity index (χ1v) is 7.12. The number of aliphatic hydroxyl groups excluding tert-OH is 1. The minimum Gasteiger partial charge on any atom is -0.453 e. The molecule has 2 atom stereocenters. The molecule has 1 aliphatic rings. The number of ether oxygens (including phenoxy) is 1. The van der Waals surface area contributed by atoms with Crippen molar-refractivity contribution in [2.24, 2.45) is 0 Å². The number of anilines is 1. The molecule has 2 rings (SSSR count). The first kappa shape index (κ1) is 17.1. The van der Waals surface area contributed by atoms with Crippen molar-refractivity contribution in [3.63, 3.8) is 0 Å². The number of hydrogen-bond donors (Lipinski definition) is 2. The van der Waals surface area contributed by atoms with Gasteiger partial charge in [0.1, 0.15) is 11.4 Å². The highest BCUT2D eigenvalue weighted by atomic mass is 35.6. The van der Waals surface area contributed by atoms with Gasteiger partial charge in [0, 0.05) is 6.92 Å². The van der Waals surface area contributed by atoms with E-state index in [2.05, 4.69) is 5.32 Å². The van der Waals surface area contributed by atoms with Crippen LogP contribution < -0.4 is 15.1 Å². The van der Waals surface area contributed by atoms with Gasteiger partial charge in [0.2, 0.25) is 15.9 Å². The van der Waals surface area contributed by atoms with Crippen molar-refractivity contribution >= 4 is 52.3 Å². The quantitative estimate of drug-likeness (QED) is 0.623. The first-order valence-electron chi connectivity index (χ1n) is 5.98. The summed E-state index contributed by atoms with van der Waals surface area (Å²) in [5.74, 6) is -1.27. The van der Waals surface area contributed by atoms with Gasteiger partial charge in [-0.2, -0.15) is 5.06 Å². The van der Waals surface area contributed by atoms with Gasteiger partial charge in [0.25, 0.3) is 6.29 Å². The van der Waals surface area contributed by atoms with Gasteiger partial charge in [-0.05, 0) is 12.1 Å². The molecule has 0 aromatic heterocycles. The highest BCUT2D eigenvalue weighted by Gasteiger charge is 2.41. The molecule has 1 heterocycles. The molecule has 2 amide bonds. The van der Waals surface area contributed by atoms with Crippen LogP contribution in [0.15, 0.2) is 24.3 Å². The summed E-state index contributed by atoms with van der Waals surface area (Å²) in [5.41, 5.74) is 0.197. The molecule has 0 unspecified atom stereocenters. The Bertz CT molecular complexity index is 592. The molecule has 0 bridgehead atoms. The van der Waals surface area contributed by atoms with E-state index in [0.717, 1.165) is 0 Å². The van der Waals surface area contributed by atoms with Crippen LogP contribution in [0.5, 0.6) is 5.75 Å². The highest BCUT2D eigenvalue weighted by Crippen LogP contribution is 2.37. The van der Waals surface area contributed by atoms with Crippen molar-refractivity contribution < 1.29 is 24.3 Å². The van der Waals surface area contributed by atoms with Crippen molar-refractivity contribution in [1.29, 1.82) is 0 Å². The minimum atomic E-state index is -2.05. The number of carbonyl (C=O) groups excluding carboxylic acids is 2. The molecule has 1 aromatic carbocycles. The molecule has 0 fully saturated rings. The number of carbonyl (C=O) groups is 2. The van der Waals surface area contributed by atoms with Crippen LogP contribution in [-0.4, -0.2) is 33.2 Å². The maximum absolute atomic E-state index is 12.0. The smallest absolute Gasteiger partial charge is 0.320 e. The van der Waals surface area contributed by atoms with Gasteiger partial charge in [-0.15, -0.1) is 0 Å². The Morgan fingerprint density at radius 3 is 2.68 bits per heavy atom. The van der Waals surface area contributed by atoms with Crippen LogP contribution in [0.3, 0.4) is 0 Å². The summed E-state index contributed by atoms with van der Waals surface area (Å²) in [5, 5.41) is 12.6. The molecule has 7 nitrogen and oxygen atoms in total. The van der Waals surface area contributed by atoms with E-state index in [4.69, 9.17) is 44.4 Å². The zero-order chi connectivity index (χ0) is 16.5. The van der Waals surface area contributed by atoms with Gasteiger partial charge >= 0.3 is 5.91 Å². The Morgan fingerprint density at radius 1 is 1.45 bits per heavy atom. The van der Waals surface area contributed by atoms with E-state index >= 15 is 0 Å². The second-order valence-electron chi connectivity index (χ2n) is 4.30. The normalized spacial score (nSPS) is 19.2. The van der Waals surface area contributed by atoms with Crippen LogP contribution in [0.2, 0.25) is 0 Å². The summed E-state index contributed by atoms with van der Waals surface area (Å²) >= 11 is 17.2. The molecule has 120 valence electrons. The van der Waals surface area contributed by atoms with Gasteiger partial charge in [-0.1, -0.05) is 46.9 Å². The van der Waals surface area contributed by atoms with E-state index in [-0.39, 0.29) is 11.4 Å². The number of nitrogens with one attached hydrogen (secondary N) is 1. The van der Waals surface area contributed by atoms with Crippen LogP contribution in [0.25, 0.3) is 0 Å². The van der Waals surface area contributed by atoms with E-state index in [1.807, 2.05) is 0 Å². The minimum absolute atomic E-state index is 0.195. The van der Waals surface area contributed by atoms with Gasteiger partial charge in [0.05, 0.1) is 0 Å². The fraction of sp³-hybridized carbons (Fsp3) is 0.333. The summed E-state index contributed by atoms with van der Waals surface area (Å²) in [4.78, 5) is 28.5. The number of alkyl halides is 3. The van der Waals surface area contributed by atoms with E-state index in [0.29, 0.717) is 5.06 Å². The maximum Gasteiger partial charge on any atom is 0.320 e. The summed E-state index contributed by atoms with van der Waals surface area (Å²) in [6, 6.07) is 6.28. The summed E-state index contributed by atoms with van der Waals surface area (Å²) in [6.45, 7) is 1.19. The molecule has 0 spiro atoms. The third kappa shape index (κ3) is 3.74. The van der Waals surface area contributed by atoms with Crippen molar-refractivity contribution in [2.45, 2.75) is 23.2 Å². The average molecular weight is 370 g/mol. The monoisotopic (exact) mass is 368 g/mol. The van der Waals surface area contributed by atoms with E-state index < -0.39 is 28.1 Å². The van der Waals surface area contributed by atoms with Gasteiger partial charge in [0.15, 0.2) is 0 Å². The van der Waals surface area contributed by atoms with Crippen LogP contribution in [-0.2, 0) is 14.4 Å². The molecule has 0 saturated heterocycles. The van der Waals surface area contributed by atoms with Gasteiger partial charge in [-0.25, -0.2) is 4.84 Å². The zero-order valence-electron chi connectivity index (χ0n) is 11.1. The Kier molecular flexibility index (Phi) is 5.03. The SMILES string of the molecule is CC(=O)N[C@@H](ON1C(=O)[C@@H](O)Oc2ccccc21)C(Cl)(Cl)Cl. The lowest BCUT2D eigenvalue weighted by molar-refractivity contribution is -0.156. The molecular formula is C12H11Cl3N2O5. The van der Waals surface area contributed by atoms with Crippen molar-refractivity contribution in [2.75, 3.05) is 5.06 Å². The van der Waals surface area contributed by atoms with Crippen LogP contribution in [0.1, 0.15) is 6.92 Å². The topological polar surface area (TPSA) is 88.1 Å². The summed E-state index contributed by atoms with van der Waals surface area (Å²) < 4.78 is 2.97. The number of hydrogen-bond acceptors (Lipinski definition) is 5. The zero-order valence-corrected chi connectivity index (χ0v) is 13.4. The van der Waals surface area contributed by atoms with Gasteiger partial charge < -0.3 is 15.2 Å². The number of fused-ring (bicyclic) bond motifs is 1. The predicted octanol–water partition coefficient (Wildman–Crippen LogP) is 1.49. The Balaban J connectivity index is 2.33.